The Morgan fingerprint density at radius 2 is 1.64 bits per heavy atom. The summed E-state index contributed by atoms with van der Waals surface area (Å²) in [7, 11) is 0. The zero-order chi connectivity index (χ0) is 30.3. The number of benzene rings is 3. The molecule has 2 saturated carbocycles. The maximum Gasteiger partial charge on any atom is 0.422 e. The van der Waals surface area contributed by atoms with Gasteiger partial charge in [-0.05, 0) is 83.2 Å². The predicted molar refractivity (Wildman–Crippen MR) is 154 cm³/mol. The quantitative estimate of drug-likeness (QED) is 0.241. The average molecular weight is 587 g/mol. The van der Waals surface area contributed by atoms with Gasteiger partial charge in [-0.3, -0.25) is 4.79 Å². The molecule has 2 aliphatic carbocycles. The van der Waals surface area contributed by atoms with Gasteiger partial charge in [0.25, 0.3) is 0 Å². The fourth-order valence-corrected chi connectivity index (χ4v) is 5.31. The molecule has 0 amide bonds. The number of rotatable bonds is 10. The van der Waals surface area contributed by atoms with E-state index in [-0.39, 0.29) is 35.7 Å². The molecule has 0 aliphatic heterocycles. The van der Waals surface area contributed by atoms with Crippen LogP contribution < -0.4 is 9.47 Å². The van der Waals surface area contributed by atoms with Gasteiger partial charge >= 0.3 is 12.1 Å². The molecule has 226 valence electrons. The number of carbonyl (C=O) groups is 1. The molecule has 2 aliphatic rings. The Morgan fingerprint density at radius 1 is 0.905 bits per heavy atom. The Morgan fingerprint density at radius 3 is 2.29 bits per heavy atom. The molecule has 1 unspecified atom stereocenters. The summed E-state index contributed by atoms with van der Waals surface area (Å²) in [5, 5.41) is 8.94. The van der Waals surface area contributed by atoms with Crippen molar-refractivity contribution in [2.75, 3.05) is 6.61 Å². The van der Waals surface area contributed by atoms with Gasteiger partial charge in [-0.2, -0.15) is 13.2 Å². The Balaban J connectivity index is 0.00000127. The van der Waals surface area contributed by atoms with Crippen LogP contribution in [0, 0.1) is 11.2 Å². The highest BCUT2D eigenvalue weighted by molar-refractivity contribution is 5.71. The van der Waals surface area contributed by atoms with Crippen LogP contribution in [0.1, 0.15) is 81.4 Å². The highest BCUT2D eigenvalue weighted by atomic mass is 19.4. The van der Waals surface area contributed by atoms with E-state index in [9.17, 15) is 18.0 Å². The lowest BCUT2D eigenvalue weighted by Crippen LogP contribution is -2.19. The Hall–Kier alpha value is -3.55. The van der Waals surface area contributed by atoms with Crippen LogP contribution >= 0.6 is 0 Å². The number of hydrogen-bond acceptors (Lipinski definition) is 3. The van der Waals surface area contributed by atoms with E-state index in [4.69, 9.17) is 14.6 Å². The third-order valence-corrected chi connectivity index (χ3v) is 7.66. The van der Waals surface area contributed by atoms with E-state index in [1.165, 1.54) is 31.4 Å². The summed E-state index contributed by atoms with van der Waals surface area (Å²) in [6.45, 7) is 3.16. The monoisotopic (exact) mass is 586 g/mol. The van der Waals surface area contributed by atoms with Crippen LogP contribution in [0.5, 0.6) is 11.5 Å². The molecule has 0 bridgehead atoms. The standard InChI is InChI=1S/C31H32F4O4.C3H6/c1-30(2)14-4-7-27(30)25-16-21(18-38-22-6-3-5-20(15-22)9-13-29(36)37)8-11-24(25)26-17-23(10-12-28(26)32)39-19-31(33,34)35;1-2-3-1/h3,5-6,8,10-12,15-17,27H,4,7,9,13-14,18-19H2,1-2H3,(H,36,37);1-3H2. The molecule has 1 N–H and O–H groups in total. The molecule has 4 nitrogen and oxygen atoms in total. The van der Waals surface area contributed by atoms with Crippen LogP contribution in [-0.4, -0.2) is 23.9 Å². The van der Waals surface area contributed by atoms with Crippen molar-refractivity contribution in [3.63, 3.8) is 0 Å². The Labute approximate surface area is 244 Å². The van der Waals surface area contributed by atoms with Gasteiger partial charge in [0.05, 0.1) is 0 Å². The molecule has 3 aromatic rings. The smallest absolute Gasteiger partial charge is 0.422 e. The van der Waals surface area contributed by atoms with Crippen molar-refractivity contribution in [1.29, 1.82) is 0 Å². The largest absolute Gasteiger partial charge is 0.489 e. The Kier molecular flexibility index (Phi) is 10.2. The van der Waals surface area contributed by atoms with E-state index >= 15 is 4.39 Å². The average Bonchev–Trinajstić information content (AvgIpc) is 3.78. The third-order valence-electron chi connectivity index (χ3n) is 7.66. The molecule has 5 rings (SSSR count). The first-order valence-corrected chi connectivity index (χ1v) is 14.5. The molecular formula is C34H38F4O4. The van der Waals surface area contributed by atoms with Crippen molar-refractivity contribution in [2.45, 2.75) is 83.9 Å². The van der Waals surface area contributed by atoms with E-state index in [1.54, 1.807) is 12.1 Å². The maximum atomic E-state index is 15.1. The lowest BCUT2D eigenvalue weighted by atomic mass is 9.75. The van der Waals surface area contributed by atoms with Gasteiger partial charge in [0.15, 0.2) is 6.61 Å². The molecule has 0 aromatic heterocycles. The molecule has 8 heteroatoms. The summed E-state index contributed by atoms with van der Waals surface area (Å²) >= 11 is 0. The fourth-order valence-electron chi connectivity index (χ4n) is 5.31. The van der Waals surface area contributed by atoms with E-state index in [2.05, 4.69) is 13.8 Å². The predicted octanol–water partition coefficient (Wildman–Crippen LogP) is 9.49. The van der Waals surface area contributed by atoms with Crippen LogP contribution in [0.2, 0.25) is 0 Å². The highest BCUT2D eigenvalue weighted by Gasteiger charge is 2.37. The minimum absolute atomic E-state index is 0.0322. The SMILES string of the molecule is C1CC1.CC1(C)CCCC1c1cc(COc2cccc(CCC(=O)O)c2)ccc1-c1cc(OCC(F)(F)F)ccc1F. The second-order valence-corrected chi connectivity index (χ2v) is 11.8. The van der Waals surface area contributed by atoms with Gasteiger partial charge in [0, 0.05) is 12.0 Å². The van der Waals surface area contributed by atoms with E-state index in [0.29, 0.717) is 17.7 Å². The van der Waals surface area contributed by atoms with E-state index in [1.807, 2.05) is 30.3 Å². The van der Waals surface area contributed by atoms with Gasteiger partial charge in [-0.25, -0.2) is 4.39 Å². The first kappa shape index (κ1) is 31.4. The van der Waals surface area contributed by atoms with E-state index in [0.717, 1.165) is 42.0 Å². The Bertz CT molecular complexity index is 1360. The first-order valence-electron chi connectivity index (χ1n) is 14.5. The van der Waals surface area contributed by atoms with Gasteiger partial charge < -0.3 is 14.6 Å². The summed E-state index contributed by atoms with van der Waals surface area (Å²) < 4.78 is 64.1. The van der Waals surface area contributed by atoms with Gasteiger partial charge in [-0.1, -0.05) is 69.9 Å². The normalized spacial score (nSPS) is 17.2. The summed E-state index contributed by atoms with van der Waals surface area (Å²) in [6.07, 6.45) is 3.40. The number of carboxylic acid groups (broad SMARTS) is 1. The fraction of sp³-hybridized carbons (Fsp3) is 0.441. The van der Waals surface area contributed by atoms with Crippen LogP contribution in [0.15, 0.2) is 60.7 Å². The number of halogens is 4. The van der Waals surface area contributed by atoms with Crippen LogP contribution in [0.4, 0.5) is 17.6 Å². The topological polar surface area (TPSA) is 55.8 Å². The van der Waals surface area contributed by atoms with Crippen molar-refractivity contribution in [3.05, 3.63) is 83.2 Å². The zero-order valence-electron chi connectivity index (χ0n) is 24.1. The van der Waals surface area contributed by atoms with Gasteiger partial charge in [0.1, 0.15) is 23.9 Å². The van der Waals surface area contributed by atoms with E-state index < -0.39 is 24.6 Å². The number of aryl methyl sites for hydroxylation is 1. The number of alkyl halides is 3. The van der Waals surface area contributed by atoms with Crippen LogP contribution in [0.3, 0.4) is 0 Å². The minimum atomic E-state index is -4.50. The summed E-state index contributed by atoms with van der Waals surface area (Å²) in [4.78, 5) is 10.9. The van der Waals surface area contributed by atoms with Crippen LogP contribution in [0.25, 0.3) is 11.1 Å². The highest BCUT2D eigenvalue weighted by Crippen LogP contribution is 2.51. The van der Waals surface area contributed by atoms with Gasteiger partial charge in [-0.15, -0.1) is 0 Å². The second-order valence-electron chi connectivity index (χ2n) is 11.8. The molecule has 42 heavy (non-hydrogen) atoms. The molecule has 0 radical (unpaired) electrons. The molecule has 0 heterocycles. The number of ether oxygens (including phenoxy) is 2. The summed E-state index contributed by atoms with van der Waals surface area (Å²) in [6, 6.07) is 16.6. The summed E-state index contributed by atoms with van der Waals surface area (Å²) in [5.74, 6) is -0.696. The molecular weight excluding hydrogens is 548 g/mol. The minimum Gasteiger partial charge on any atom is -0.489 e. The van der Waals surface area contributed by atoms with Gasteiger partial charge in [0.2, 0.25) is 0 Å². The number of aliphatic carboxylic acids is 1. The van der Waals surface area contributed by atoms with Crippen LogP contribution in [-0.2, 0) is 17.8 Å². The van der Waals surface area contributed by atoms with Crippen molar-refractivity contribution in [2.24, 2.45) is 5.41 Å². The second kappa shape index (κ2) is 13.6. The lowest BCUT2D eigenvalue weighted by Gasteiger charge is -2.30. The van der Waals surface area contributed by atoms with Crippen molar-refractivity contribution in [3.8, 4) is 22.6 Å². The molecule has 2 fully saturated rings. The lowest BCUT2D eigenvalue weighted by molar-refractivity contribution is -0.153. The molecule has 0 saturated heterocycles. The third kappa shape index (κ3) is 9.23. The van der Waals surface area contributed by atoms with Crippen molar-refractivity contribution < 1.29 is 36.9 Å². The number of hydrogen-bond donors (Lipinski definition) is 1. The zero-order valence-corrected chi connectivity index (χ0v) is 24.1. The van der Waals surface area contributed by atoms with Crippen molar-refractivity contribution >= 4 is 5.97 Å². The maximum absolute atomic E-state index is 15.1. The molecule has 1 atom stereocenters. The first-order chi connectivity index (χ1) is 19.9. The summed E-state index contributed by atoms with van der Waals surface area (Å²) in [5.41, 5.74) is 3.46. The molecule has 0 spiro atoms. The number of carboxylic acids is 1. The van der Waals surface area contributed by atoms with Crippen molar-refractivity contribution in [1.82, 2.24) is 0 Å². The molecule has 3 aromatic carbocycles.